The van der Waals surface area contributed by atoms with Gasteiger partial charge >= 0.3 is 5.97 Å². The third kappa shape index (κ3) is 5.28. The van der Waals surface area contributed by atoms with Gasteiger partial charge in [0.1, 0.15) is 5.75 Å². The van der Waals surface area contributed by atoms with Crippen LogP contribution in [0.15, 0.2) is 66.0 Å². The zero-order valence-corrected chi connectivity index (χ0v) is 14.8. The van der Waals surface area contributed by atoms with E-state index < -0.39 is 23.5 Å². The van der Waals surface area contributed by atoms with Gasteiger partial charge in [0.05, 0.1) is 12.9 Å². The highest BCUT2D eigenvalue weighted by atomic mass is 16.5. The Labute approximate surface area is 156 Å². The van der Waals surface area contributed by atoms with Gasteiger partial charge < -0.3 is 14.9 Å². The summed E-state index contributed by atoms with van der Waals surface area (Å²) in [5.41, 5.74) is 0.829. The van der Waals surface area contributed by atoms with Crippen molar-refractivity contribution in [2.24, 2.45) is 5.92 Å². The van der Waals surface area contributed by atoms with E-state index in [1.165, 1.54) is 18.2 Å². The van der Waals surface area contributed by atoms with Crippen LogP contribution in [0.1, 0.15) is 18.4 Å². The minimum absolute atomic E-state index is 0.0334. The van der Waals surface area contributed by atoms with E-state index in [4.69, 9.17) is 0 Å². The zero-order valence-electron chi connectivity index (χ0n) is 14.8. The third-order valence-electron chi connectivity index (χ3n) is 3.98. The Balaban J connectivity index is 2.20. The normalized spacial score (nSPS) is 15.3. The summed E-state index contributed by atoms with van der Waals surface area (Å²) in [6, 6.07) is 6.34. The van der Waals surface area contributed by atoms with Gasteiger partial charge in [0.15, 0.2) is 17.5 Å². The van der Waals surface area contributed by atoms with E-state index in [1.54, 1.807) is 24.3 Å². The fourth-order valence-corrected chi connectivity index (χ4v) is 2.48. The van der Waals surface area contributed by atoms with Crippen LogP contribution in [0.2, 0.25) is 0 Å². The first-order valence-corrected chi connectivity index (χ1v) is 8.32. The molecule has 0 saturated heterocycles. The minimum atomic E-state index is -1.65. The molecule has 6 nitrogen and oxygen atoms in total. The predicted octanol–water partition coefficient (Wildman–Crippen LogP) is 3.05. The van der Waals surface area contributed by atoms with Gasteiger partial charge in [0.25, 0.3) is 0 Å². The molecule has 2 N–H and O–H groups in total. The van der Waals surface area contributed by atoms with Gasteiger partial charge in [0.2, 0.25) is 0 Å². The highest BCUT2D eigenvalue weighted by molar-refractivity contribution is 6.24. The van der Waals surface area contributed by atoms with Crippen LogP contribution in [0.5, 0.6) is 5.75 Å². The SMILES string of the molecule is COC(=O)C(C(=O)/C=C/C1=C(O)CCC=C1)C(=O)/C=C/c1ccccc1O. The number of aliphatic hydroxyl groups excluding tert-OH is 1. The first kappa shape index (κ1) is 19.9. The molecule has 0 aromatic heterocycles. The molecule has 2 rings (SSSR count). The summed E-state index contributed by atoms with van der Waals surface area (Å²) in [4.78, 5) is 36.7. The summed E-state index contributed by atoms with van der Waals surface area (Å²) in [6.45, 7) is 0. The predicted molar refractivity (Wildman–Crippen MR) is 99.8 cm³/mol. The molecule has 0 radical (unpaired) electrons. The van der Waals surface area contributed by atoms with Gasteiger partial charge in [-0.3, -0.25) is 14.4 Å². The van der Waals surface area contributed by atoms with Crippen molar-refractivity contribution in [1.82, 2.24) is 0 Å². The van der Waals surface area contributed by atoms with Crippen LogP contribution in [0.3, 0.4) is 0 Å². The average molecular weight is 368 g/mol. The fraction of sp³-hybridized carbons (Fsp3) is 0.190. The molecule has 0 spiro atoms. The Kier molecular flexibility index (Phi) is 6.88. The fourth-order valence-electron chi connectivity index (χ4n) is 2.48. The van der Waals surface area contributed by atoms with Crippen molar-refractivity contribution < 1.29 is 29.3 Å². The first-order valence-electron chi connectivity index (χ1n) is 8.32. The van der Waals surface area contributed by atoms with Crippen molar-refractivity contribution >= 4 is 23.6 Å². The summed E-state index contributed by atoms with van der Waals surface area (Å²) >= 11 is 0. The molecule has 0 amide bonds. The van der Waals surface area contributed by atoms with Crippen molar-refractivity contribution in [3.63, 3.8) is 0 Å². The van der Waals surface area contributed by atoms with Gasteiger partial charge in [-0.25, -0.2) is 0 Å². The van der Waals surface area contributed by atoms with Crippen molar-refractivity contribution in [1.29, 1.82) is 0 Å². The van der Waals surface area contributed by atoms with Crippen LogP contribution in [0.4, 0.5) is 0 Å². The van der Waals surface area contributed by atoms with Crippen LogP contribution in [0, 0.1) is 5.92 Å². The molecule has 0 saturated carbocycles. The number of carbonyl (C=O) groups is 3. The number of hydrogen-bond acceptors (Lipinski definition) is 6. The number of methoxy groups -OCH3 is 1. The van der Waals surface area contributed by atoms with Gasteiger partial charge in [0, 0.05) is 17.6 Å². The number of benzene rings is 1. The zero-order chi connectivity index (χ0) is 19.8. The molecule has 1 aliphatic rings. The number of para-hydroxylation sites is 1. The summed E-state index contributed by atoms with van der Waals surface area (Å²) in [6.07, 6.45) is 9.50. The van der Waals surface area contributed by atoms with E-state index in [2.05, 4.69) is 4.74 Å². The number of aliphatic hydroxyl groups is 1. The number of aromatic hydroxyl groups is 1. The second kappa shape index (κ2) is 9.33. The molecule has 1 aromatic rings. The number of allylic oxidation sites excluding steroid dienone is 7. The molecule has 1 aromatic carbocycles. The van der Waals surface area contributed by atoms with E-state index in [1.807, 2.05) is 6.08 Å². The third-order valence-corrected chi connectivity index (χ3v) is 3.98. The summed E-state index contributed by atoms with van der Waals surface area (Å²) in [5, 5.41) is 19.5. The molecule has 6 heteroatoms. The smallest absolute Gasteiger partial charge is 0.324 e. The highest BCUT2D eigenvalue weighted by Gasteiger charge is 2.31. The topological polar surface area (TPSA) is 101 Å². The second-order valence-electron chi connectivity index (χ2n) is 5.83. The molecule has 0 fully saturated rings. The Morgan fingerprint density at radius 3 is 2.37 bits per heavy atom. The summed E-state index contributed by atoms with van der Waals surface area (Å²) in [5.74, 6) is -4.04. The van der Waals surface area contributed by atoms with Crippen LogP contribution in [-0.2, 0) is 19.1 Å². The molecular weight excluding hydrogens is 348 g/mol. The number of rotatable bonds is 7. The molecule has 27 heavy (non-hydrogen) atoms. The van der Waals surface area contributed by atoms with E-state index in [-0.39, 0.29) is 11.5 Å². The lowest BCUT2D eigenvalue weighted by atomic mass is 9.96. The van der Waals surface area contributed by atoms with Crippen LogP contribution < -0.4 is 0 Å². The van der Waals surface area contributed by atoms with Gasteiger partial charge in [-0.2, -0.15) is 0 Å². The van der Waals surface area contributed by atoms with Gasteiger partial charge in [-0.15, -0.1) is 0 Å². The minimum Gasteiger partial charge on any atom is -0.512 e. The van der Waals surface area contributed by atoms with E-state index >= 15 is 0 Å². The van der Waals surface area contributed by atoms with Crippen molar-refractivity contribution in [2.75, 3.05) is 7.11 Å². The van der Waals surface area contributed by atoms with Crippen molar-refractivity contribution in [2.45, 2.75) is 12.8 Å². The Hall–Kier alpha value is -3.41. The number of phenolic OH excluding ortho intramolecular Hbond substituents is 1. The van der Waals surface area contributed by atoms with Crippen LogP contribution in [-0.4, -0.2) is 34.9 Å². The second-order valence-corrected chi connectivity index (χ2v) is 5.83. The first-order chi connectivity index (χ1) is 12.9. The largest absolute Gasteiger partial charge is 0.512 e. The van der Waals surface area contributed by atoms with Crippen molar-refractivity contribution in [3.05, 3.63) is 71.5 Å². The molecule has 140 valence electrons. The number of phenols is 1. The number of esters is 1. The Bertz CT molecular complexity index is 857. The molecule has 0 heterocycles. The maximum Gasteiger partial charge on any atom is 0.324 e. The lowest BCUT2D eigenvalue weighted by Crippen LogP contribution is -2.30. The maximum absolute atomic E-state index is 12.4. The van der Waals surface area contributed by atoms with Crippen LogP contribution in [0.25, 0.3) is 6.08 Å². The van der Waals surface area contributed by atoms with E-state index in [0.717, 1.165) is 19.3 Å². The quantitative estimate of drug-likeness (QED) is 0.436. The maximum atomic E-state index is 12.4. The highest BCUT2D eigenvalue weighted by Crippen LogP contribution is 2.19. The number of carbonyl (C=O) groups excluding carboxylic acids is 3. The molecule has 1 unspecified atom stereocenters. The summed E-state index contributed by atoms with van der Waals surface area (Å²) in [7, 11) is 1.09. The average Bonchev–Trinajstić information content (AvgIpc) is 2.66. The molecule has 0 aliphatic heterocycles. The van der Waals surface area contributed by atoms with Gasteiger partial charge in [-0.05, 0) is 36.8 Å². The molecule has 1 aliphatic carbocycles. The number of ketones is 2. The molecular formula is C21H20O6. The monoisotopic (exact) mass is 368 g/mol. The summed E-state index contributed by atoms with van der Waals surface area (Å²) < 4.78 is 4.57. The number of hydrogen-bond donors (Lipinski definition) is 2. The van der Waals surface area contributed by atoms with E-state index in [9.17, 15) is 24.6 Å². The Morgan fingerprint density at radius 1 is 1.07 bits per heavy atom. The standard InChI is InChI=1S/C21H20O6/c1-27-21(26)20(18(24)12-10-14-6-2-4-8-16(14)22)19(25)13-11-15-7-3-5-9-17(15)23/h2-4,6-8,10-13,20,22-23H,5,9H2,1H3/b12-10+,13-11+. The Morgan fingerprint density at radius 2 is 1.74 bits per heavy atom. The van der Waals surface area contributed by atoms with Crippen LogP contribution >= 0.6 is 0 Å². The number of ether oxygens (including phenoxy) is 1. The van der Waals surface area contributed by atoms with Gasteiger partial charge in [-0.1, -0.05) is 30.4 Å². The van der Waals surface area contributed by atoms with Crippen molar-refractivity contribution in [3.8, 4) is 5.75 Å². The molecule has 1 atom stereocenters. The molecule has 0 bridgehead atoms. The lowest BCUT2D eigenvalue weighted by molar-refractivity contribution is -0.150. The lowest BCUT2D eigenvalue weighted by Gasteiger charge is -2.09. The van der Waals surface area contributed by atoms with E-state index in [0.29, 0.717) is 24.0 Å².